The van der Waals surface area contributed by atoms with Crippen molar-refractivity contribution in [3.63, 3.8) is 0 Å². The molecule has 0 aliphatic carbocycles. The molecule has 148 valence electrons. The van der Waals surface area contributed by atoms with Gasteiger partial charge >= 0.3 is 0 Å². The van der Waals surface area contributed by atoms with Crippen molar-refractivity contribution in [2.75, 3.05) is 7.11 Å². The van der Waals surface area contributed by atoms with Gasteiger partial charge in [0.15, 0.2) is 0 Å². The molecule has 0 spiro atoms. The van der Waals surface area contributed by atoms with Crippen molar-refractivity contribution >= 4 is 11.3 Å². The number of rotatable bonds is 7. The number of nitrogens with one attached hydrogen (secondary N) is 1. The zero-order chi connectivity index (χ0) is 20.2. The molecule has 1 atom stereocenters. The van der Waals surface area contributed by atoms with E-state index in [1.807, 2.05) is 42.6 Å². The van der Waals surface area contributed by atoms with Crippen molar-refractivity contribution in [2.45, 2.75) is 19.5 Å². The molecule has 0 fully saturated rings. The van der Waals surface area contributed by atoms with Gasteiger partial charge in [0, 0.05) is 40.9 Å². The Hall–Kier alpha value is -2.96. The maximum atomic E-state index is 14.8. The number of halogens is 1. The first-order valence-electron chi connectivity index (χ1n) is 9.40. The van der Waals surface area contributed by atoms with Gasteiger partial charge in [-0.15, -0.1) is 11.3 Å². The lowest BCUT2D eigenvalue weighted by molar-refractivity contribution is 0.411. The van der Waals surface area contributed by atoms with Crippen molar-refractivity contribution in [2.24, 2.45) is 0 Å². The summed E-state index contributed by atoms with van der Waals surface area (Å²) in [6.07, 6.45) is 1.96. The minimum atomic E-state index is -0.352. The van der Waals surface area contributed by atoms with Crippen molar-refractivity contribution in [1.29, 1.82) is 0 Å². The maximum absolute atomic E-state index is 14.8. The number of aromatic nitrogens is 2. The van der Waals surface area contributed by atoms with Crippen LogP contribution < -0.4 is 10.1 Å². The number of thiophene rings is 1. The van der Waals surface area contributed by atoms with Gasteiger partial charge in [-0.2, -0.15) is 5.10 Å². The molecule has 1 N–H and O–H groups in total. The average Bonchev–Trinajstić information content (AvgIpc) is 3.43. The molecule has 2 heterocycles. The lowest BCUT2D eigenvalue weighted by Crippen LogP contribution is -2.17. The molecule has 0 aliphatic rings. The third kappa shape index (κ3) is 4.23. The van der Waals surface area contributed by atoms with Crippen LogP contribution in [0.1, 0.15) is 23.4 Å². The SMILES string of the molecule is COc1ccc(-c2nn(-c3ccccc3)cc2CN[C@H](C)c2cccs2)c(F)c1. The summed E-state index contributed by atoms with van der Waals surface area (Å²) in [5.74, 6) is 0.134. The van der Waals surface area contributed by atoms with E-state index in [-0.39, 0.29) is 11.9 Å². The highest BCUT2D eigenvalue weighted by Crippen LogP contribution is 2.29. The number of ether oxygens (including phenoxy) is 1. The highest BCUT2D eigenvalue weighted by atomic mass is 32.1. The zero-order valence-corrected chi connectivity index (χ0v) is 17.1. The second-order valence-electron chi connectivity index (χ2n) is 6.75. The number of methoxy groups -OCH3 is 1. The highest BCUT2D eigenvalue weighted by Gasteiger charge is 2.17. The minimum Gasteiger partial charge on any atom is -0.497 e. The van der Waals surface area contributed by atoms with Gasteiger partial charge in [0.2, 0.25) is 0 Å². The van der Waals surface area contributed by atoms with E-state index in [2.05, 4.69) is 23.7 Å². The van der Waals surface area contributed by atoms with Crippen LogP contribution >= 0.6 is 11.3 Å². The molecule has 2 aromatic carbocycles. The summed E-state index contributed by atoms with van der Waals surface area (Å²) in [7, 11) is 1.53. The average molecular weight is 408 g/mol. The van der Waals surface area contributed by atoms with Crippen LogP contribution in [0.25, 0.3) is 16.9 Å². The summed E-state index contributed by atoms with van der Waals surface area (Å²) >= 11 is 1.72. The van der Waals surface area contributed by atoms with E-state index in [4.69, 9.17) is 9.84 Å². The Morgan fingerprint density at radius 2 is 1.97 bits per heavy atom. The Bertz CT molecular complexity index is 1080. The third-order valence-electron chi connectivity index (χ3n) is 4.81. The number of benzene rings is 2. The van der Waals surface area contributed by atoms with Gasteiger partial charge in [0.25, 0.3) is 0 Å². The quantitative estimate of drug-likeness (QED) is 0.433. The van der Waals surface area contributed by atoms with E-state index >= 15 is 0 Å². The summed E-state index contributed by atoms with van der Waals surface area (Å²) in [6, 6.07) is 19.1. The smallest absolute Gasteiger partial charge is 0.136 e. The van der Waals surface area contributed by atoms with Gasteiger partial charge in [-0.1, -0.05) is 24.3 Å². The number of hydrogen-bond acceptors (Lipinski definition) is 4. The Kier molecular flexibility index (Phi) is 5.74. The topological polar surface area (TPSA) is 39.1 Å². The van der Waals surface area contributed by atoms with E-state index in [9.17, 15) is 4.39 Å². The highest BCUT2D eigenvalue weighted by molar-refractivity contribution is 7.10. The van der Waals surface area contributed by atoms with Gasteiger partial charge in [0.05, 0.1) is 12.8 Å². The van der Waals surface area contributed by atoms with E-state index in [0.29, 0.717) is 23.6 Å². The molecule has 4 rings (SSSR count). The van der Waals surface area contributed by atoms with Crippen molar-refractivity contribution in [3.8, 4) is 22.7 Å². The van der Waals surface area contributed by atoms with Gasteiger partial charge < -0.3 is 10.1 Å². The standard InChI is InChI=1S/C23H22FN3OS/c1-16(22-9-6-12-29-22)25-14-17-15-27(18-7-4-3-5-8-18)26-23(17)20-11-10-19(28-2)13-21(20)24/h3-13,15-16,25H,14H2,1-2H3/t16-/m1/s1. The Morgan fingerprint density at radius 3 is 2.66 bits per heavy atom. The molecule has 6 heteroatoms. The lowest BCUT2D eigenvalue weighted by Gasteiger charge is -2.12. The van der Waals surface area contributed by atoms with Crippen LogP contribution in [-0.4, -0.2) is 16.9 Å². The monoisotopic (exact) mass is 407 g/mol. The summed E-state index contributed by atoms with van der Waals surface area (Å²) in [4.78, 5) is 1.26. The van der Waals surface area contributed by atoms with Crippen LogP contribution in [-0.2, 0) is 6.54 Å². The summed E-state index contributed by atoms with van der Waals surface area (Å²) in [5.41, 5.74) is 2.95. The molecular formula is C23H22FN3OS. The van der Waals surface area contributed by atoms with Crippen LogP contribution in [0.3, 0.4) is 0 Å². The Balaban J connectivity index is 1.69. The molecule has 0 amide bonds. The van der Waals surface area contributed by atoms with Crippen molar-refractivity contribution < 1.29 is 9.13 Å². The summed E-state index contributed by atoms with van der Waals surface area (Å²) in [5, 5.41) is 10.3. The van der Waals surface area contributed by atoms with Gasteiger partial charge in [-0.05, 0) is 42.6 Å². The molecule has 4 aromatic rings. The molecule has 2 aromatic heterocycles. The summed E-state index contributed by atoms with van der Waals surface area (Å²) in [6.45, 7) is 2.70. The van der Waals surface area contributed by atoms with E-state index in [1.54, 1.807) is 28.2 Å². The number of hydrogen-bond donors (Lipinski definition) is 1. The molecule has 0 bridgehead atoms. The molecule has 0 saturated carbocycles. The van der Waals surface area contributed by atoms with Gasteiger partial charge in [0.1, 0.15) is 17.3 Å². The molecule has 0 unspecified atom stereocenters. The van der Waals surface area contributed by atoms with Gasteiger partial charge in [-0.3, -0.25) is 0 Å². The zero-order valence-electron chi connectivity index (χ0n) is 16.3. The van der Waals surface area contributed by atoms with Crippen LogP contribution in [0.5, 0.6) is 5.75 Å². The molecule has 0 aliphatic heterocycles. The second kappa shape index (κ2) is 8.59. The van der Waals surface area contributed by atoms with E-state index in [1.165, 1.54) is 18.1 Å². The molecule has 0 radical (unpaired) electrons. The molecule has 29 heavy (non-hydrogen) atoms. The third-order valence-corrected chi connectivity index (χ3v) is 5.87. The fourth-order valence-corrected chi connectivity index (χ4v) is 3.95. The Morgan fingerprint density at radius 1 is 1.14 bits per heavy atom. The van der Waals surface area contributed by atoms with Crippen LogP contribution in [0.15, 0.2) is 72.2 Å². The predicted octanol–water partition coefficient (Wildman–Crippen LogP) is 5.60. The van der Waals surface area contributed by atoms with Crippen LogP contribution in [0.2, 0.25) is 0 Å². The first kappa shape index (κ1) is 19.4. The molecule has 0 saturated heterocycles. The Labute approximate surface area is 173 Å². The fourth-order valence-electron chi connectivity index (χ4n) is 3.19. The molecular weight excluding hydrogens is 385 g/mol. The van der Waals surface area contributed by atoms with Crippen molar-refractivity contribution in [1.82, 2.24) is 15.1 Å². The van der Waals surface area contributed by atoms with Gasteiger partial charge in [-0.25, -0.2) is 9.07 Å². The van der Waals surface area contributed by atoms with Crippen molar-refractivity contribution in [3.05, 3.63) is 88.5 Å². The number of para-hydroxylation sites is 1. The van der Waals surface area contributed by atoms with E-state index < -0.39 is 0 Å². The minimum absolute atomic E-state index is 0.198. The normalized spacial score (nSPS) is 12.1. The first-order chi connectivity index (χ1) is 14.2. The second-order valence-corrected chi connectivity index (χ2v) is 7.73. The van der Waals surface area contributed by atoms with E-state index in [0.717, 1.165) is 11.3 Å². The van der Waals surface area contributed by atoms with Crippen LogP contribution in [0.4, 0.5) is 4.39 Å². The first-order valence-corrected chi connectivity index (χ1v) is 10.3. The predicted molar refractivity (Wildman–Crippen MR) is 115 cm³/mol. The molecule has 4 nitrogen and oxygen atoms in total. The lowest BCUT2D eigenvalue weighted by atomic mass is 10.1. The van der Waals surface area contributed by atoms with Crippen LogP contribution in [0, 0.1) is 5.82 Å². The number of nitrogens with zero attached hydrogens (tertiary/aromatic N) is 2. The fraction of sp³-hybridized carbons (Fsp3) is 0.174. The maximum Gasteiger partial charge on any atom is 0.136 e. The summed E-state index contributed by atoms with van der Waals surface area (Å²) < 4.78 is 21.7. The largest absolute Gasteiger partial charge is 0.497 e.